The minimum absolute atomic E-state index is 0.289. The van der Waals surface area contributed by atoms with Crippen molar-refractivity contribution in [3.63, 3.8) is 0 Å². The average Bonchev–Trinajstić information content (AvgIpc) is 3.16. The van der Waals surface area contributed by atoms with Gasteiger partial charge in [-0.2, -0.15) is 5.10 Å². The van der Waals surface area contributed by atoms with Gasteiger partial charge in [-0.15, -0.1) is 0 Å². The molecule has 0 aliphatic carbocycles. The number of hydrogen-bond acceptors (Lipinski definition) is 3. The van der Waals surface area contributed by atoms with Crippen LogP contribution in [0.15, 0.2) is 60.7 Å². The van der Waals surface area contributed by atoms with E-state index in [9.17, 15) is 9.18 Å². The van der Waals surface area contributed by atoms with E-state index in [1.807, 2.05) is 19.1 Å². The predicted octanol–water partition coefficient (Wildman–Crippen LogP) is 5.00. The van der Waals surface area contributed by atoms with Crippen LogP contribution >= 0.6 is 11.6 Å². The minimum Gasteiger partial charge on any atom is -0.351 e. The zero-order valence-corrected chi connectivity index (χ0v) is 16.4. The first kappa shape index (κ1) is 19.1. The normalized spacial score (nSPS) is 11.0. The summed E-state index contributed by atoms with van der Waals surface area (Å²) in [6.07, 6.45) is 0.801. The van der Waals surface area contributed by atoms with Crippen LogP contribution in [0.5, 0.6) is 0 Å². The molecule has 0 atom stereocenters. The van der Waals surface area contributed by atoms with Crippen molar-refractivity contribution >= 4 is 23.2 Å². The van der Waals surface area contributed by atoms with Crippen LogP contribution in [-0.4, -0.2) is 27.0 Å². The van der Waals surface area contributed by atoms with Crippen molar-refractivity contribution < 1.29 is 9.18 Å². The molecular formula is C22H18ClFN4O. The molecule has 4 aromatic rings. The molecule has 7 heteroatoms. The summed E-state index contributed by atoms with van der Waals surface area (Å²) in [7, 11) is 0. The molecule has 2 aromatic heterocycles. The quantitative estimate of drug-likeness (QED) is 0.505. The van der Waals surface area contributed by atoms with Crippen molar-refractivity contribution in [2.24, 2.45) is 0 Å². The van der Waals surface area contributed by atoms with Crippen LogP contribution in [0.4, 0.5) is 4.39 Å². The van der Waals surface area contributed by atoms with Gasteiger partial charge in [-0.3, -0.25) is 4.79 Å². The molecule has 2 aromatic carbocycles. The molecule has 0 spiro atoms. The minimum atomic E-state index is -0.401. The second-order valence-electron chi connectivity index (χ2n) is 6.57. The highest BCUT2D eigenvalue weighted by molar-refractivity contribution is 6.30. The van der Waals surface area contributed by atoms with E-state index in [2.05, 4.69) is 15.4 Å². The fourth-order valence-electron chi connectivity index (χ4n) is 3.03. The van der Waals surface area contributed by atoms with Crippen molar-refractivity contribution in [3.8, 4) is 22.5 Å². The molecular weight excluding hydrogens is 391 g/mol. The molecule has 0 unspecified atom stereocenters. The molecule has 146 valence electrons. The number of nitrogens with zero attached hydrogens (tertiary/aromatic N) is 3. The monoisotopic (exact) mass is 408 g/mol. The number of halogens is 2. The number of carbonyl (C=O) groups excluding carboxylic acids is 1. The largest absolute Gasteiger partial charge is 0.351 e. The van der Waals surface area contributed by atoms with Gasteiger partial charge in [0.1, 0.15) is 11.5 Å². The summed E-state index contributed by atoms with van der Waals surface area (Å²) in [5.74, 6) is -0.690. The maximum absolute atomic E-state index is 14.3. The standard InChI is InChI=1S/C22H18ClFN4O/c1-2-11-25-22(29)20-12-19(16-5-3-4-6-17(16)24)26-21-13-18(27-28(20)21)14-7-9-15(23)10-8-14/h3-10,12-13H,2,11H2,1H3,(H,25,29). The Balaban J connectivity index is 1.89. The zero-order chi connectivity index (χ0) is 20.4. The molecule has 0 saturated carbocycles. The molecule has 0 bridgehead atoms. The molecule has 0 fully saturated rings. The fourth-order valence-corrected chi connectivity index (χ4v) is 3.16. The van der Waals surface area contributed by atoms with Crippen LogP contribution in [-0.2, 0) is 0 Å². The van der Waals surface area contributed by atoms with E-state index in [1.165, 1.54) is 10.6 Å². The van der Waals surface area contributed by atoms with Crippen LogP contribution in [0, 0.1) is 5.82 Å². The predicted molar refractivity (Wildman–Crippen MR) is 111 cm³/mol. The summed E-state index contributed by atoms with van der Waals surface area (Å²) in [4.78, 5) is 17.3. The highest BCUT2D eigenvalue weighted by Gasteiger charge is 2.18. The van der Waals surface area contributed by atoms with E-state index in [4.69, 9.17) is 11.6 Å². The Morgan fingerprint density at radius 2 is 1.86 bits per heavy atom. The maximum atomic E-state index is 14.3. The topological polar surface area (TPSA) is 59.3 Å². The lowest BCUT2D eigenvalue weighted by Crippen LogP contribution is -2.26. The molecule has 5 nitrogen and oxygen atoms in total. The van der Waals surface area contributed by atoms with Gasteiger partial charge in [0.2, 0.25) is 0 Å². The lowest BCUT2D eigenvalue weighted by atomic mass is 10.1. The number of hydrogen-bond donors (Lipinski definition) is 1. The third-order valence-electron chi connectivity index (χ3n) is 4.49. The van der Waals surface area contributed by atoms with Crippen LogP contribution in [0.1, 0.15) is 23.8 Å². The van der Waals surface area contributed by atoms with E-state index < -0.39 is 5.82 Å². The second kappa shape index (κ2) is 8.01. The van der Waals surface area contributed by atoms with Crippen molar-refractivity contribution in [1.82, 2.24) is 19.9 Å². The summed E-state index contributed by atoms with van der Waals surface area (Å²) in [5, 5.41) is 8.03. The molecule has 0 saturated heterocycles. The van der Waals surface area contributed by atoms with Gasteiger partial charge in [-0.1, -0.05) is 42.8 Å². The van der Waals surface area contributed by atoms with E-state index in [0.717, 1.165) is 12.0 Å². The van der Waals surface area contributed by atoms with Crippen LogP contribution in [0.3, 0.4) is 0 Å². The molecule has 1 N–H and O–H groups in total. The highest BCUT2D eigenvalue weighted by Crippen LogP contribution is 2.26. The first-order valence-electron chi connectivity index (χ1n) is 9.26. The van der Waals surface area contributed by atoms with Crippen molar-refractivity contribution in [2.45, 2.75) is 13.3 Å². The number of amides is 1. The first-order chi connectivity index (χ1) is 14.1. The number of benzene rings is 2. The second-order valence-corrected chi connectivity index (χ2v) is 7.01. The molecule has 0 aliphatic rings. The highest BCUT2D eigenvalue weighted by atomic mass is 35.5. The van der Waals surface area contributed by atoms with E-state index in [1.54, 1.807) is 42.5 Å². The SMILES string of the molecule is CCCNC(=O)c1cc(-c2ccccc2F)nc2cc(-c3ccc(Cl)cc3)nn12. The number of fused-ring (bicyclic) bond motifs is 1. The Morgan fingerprint density at radius 1 is 1.10 bits per heavy atom. The van der Waals surface area contributed by atoms with Gasteiger partial charge in [0, 0.05) is 28.8 Å². The summed E-state index contributed by atoms with van der Waals surface area (Å²) in [5.41, 5.74) is 2.93. The molecule has 2 heterocycles. The Morgan fingerprint density at radius 3 is 2.59 bits per heavy atom. The van der Waals surface area contributed by atoms with Gasteiger partial charge < -0.3 is 5.32 Å². The van der Waals surface area contributed by atoms with Crippen molar-refractivity contribution in [3.05, 3.63) is 77.2 Å². The van der Waals surface area contributed by atoms with Gasteiger partial charge in [-0.05, 0) is 36.8 Å². The van der Waals surface area contributed by atoms with Gasteiger partial charge >= 0.3 is 0 Å². The van der Waals surface area contributed by atoms with Crippen molar-refractivity contribution in [1.29, 1.82) is 0 Å². The van der Waals surface area contributed by atoms with Gasteiger partial charge in [-0.25, -0.2) is 13.9 Å². The van der Waals surface area contributed by atoms with E-state index >= 15 is 0 Å². The van der Waals surface area contributed by atoms with E-state index in [0.29, 0.717) is 39.9 Å². The number of rotatable bonds is 5. The summed E-state index contributed by atoms with van der Waals surface area (Å²) < 4.78 is 15.8. The Bertz CT molecular complexity index is 1190. The smallest absolute Gasteiger partial charge is 0.270 e. The van der Waals surface area contributed by atoms with Gasteiger partial charge in [0.15, 0.2) is 5.65 Å². The number of aromatic nitrogens is 3. The first-order valence-corrected chi connectivity index (χ1v) is 9.64. The Labute approximate surface area is 172 Å². The Kier molecular flexibility index (Phi) is 5.27. The van der Waals surface area contributed by atoms with Crippen LogP contribution in [0.2, 0.25) is 5.02 Å². The summed E-state index contributed by atoms with van der Waals surface area (Å²) in [6.45, 7) is 2.50. The average molecular weight is 409 g/mol. The molecule has 0 radical (unpaired) electrons. The van der Waals surface area contributed by atoms with Gasteiger partial charge in [0.25, 0.3) is 5.91 Å². The summed E-state index contributed by atoms with van der Waals surface area (Å²) >= 11 is 5.97. The third kappa shape index (κ3) is 3.84. The molecule has 29 heavy (non-hydrogen) atoms. The third-order valence-corrected chi connectivity index (χ3v) is 4.74. The van der Waals surface area contributed by atoms with E-state index in [-0.39, 0.29) is 5.91 Å². The Hall–Kier alpha value is -3.25. The maximum Gasteiger partial charge on any atom is 0.270 e. The van der Waals surface area contributed by atoms with Crippen LogP contribution in [0.25, 0.3) is 28.2 Å². The lowest BCUT2D eigenvalue weighted by molar-refractivity contribution is 0.0946. The molecule has 4 rings (SSSR count). The molecule has 1 amide bonds. The zero-order valence-electron chi connectivity index (χ0n) is 15.7. The van der Waals surface area contributed by atoms with Gasteiger partial charge in [0.05, 0.1) is 11.4 Å². The molecule has 0 aliphatic heterocycles. The lowest BCUT2D eigenvalue weighted by Gasteiger charge is -2.09. The fraction of sp³-hybridized carbons (Fsp3) is 0.136. The summed E-state index contributed by atoms with van der Waals surface area (Å²) in [6, 6.07) is 16.9. The van der Waals surface area contributed by atoms with Crippen molar-refractivity contribution in [2.75, 3.05) is 6.54 Å². The number of nitrogens with one attached hydrogen (secondary N) is 1. The van der Waals surface area contributed by atoms with Crippen LogP contribution < -0.4 is 5.32 Å². The number of carbonyl (C=O) groups is 1.